The molecule has 0 aromatic heterocycles. The average Bonchev–Trinajstić information content (AvgIpc) is 2.81. The van der Waals surface area contributed by atoms with Gasteiger partial charge in [0.25, 0.3) is 5.91 Å². The number of hydrogen-bond acceptors (Lipinski definition) is 4. The smallest absolute Gasteiger partial charge is 0.258 e. The van der Waals surface area contributed by atoms with E-state index < -0.39 is 3.61 Å². The molecule has 1 aliphatic heterocycles. The van der Waals surface area contributed by atoms with Gasteiger partial charge in [-0.15, -0.1) is 0 Å². The maximum absolute atomic E-state index is 13.5. The molecule has 0 spiro atoms. The molecule has 0 fully saturated rings. The topological polar surface area (TPSA) is 48.0 Å². The molecule has 1 amide bonds. The van der Waals surface area contributed by atoms with Gasteiger partial charge < -0.3 is 19.1 Å². The zero-order valence-corrected chi connectivity index (χ0v) is 20.3. The third kappa shape index (κ3) is 4.60. The number of methoxy groups -OCH3 is 2. The van der Waals surface area contributed by atoms with Crippen molar-refractivity contribution in [3.05, 3.63) is 89.5 Å². The number of anilines is 1. The Labute approximate surface area is 201 Å². The maximum atomic E-state index is 13.5. The van der Waals surface area contributed by atoms with Crippen LogP contribution in [0.25, 0.3) is 6.08 Å². The molecule has 6 heteroatoms. The number of benzene rings is 3. The first-order chi connectivity index (χ1) is 15.4. The van der Waals surface area contributed by atoms with Crippen molar-refractivity contribution in [3.8, 4) is 17.2 Å². The summed E-state index contributed by atoms with van der Waals surface area (Å²) in [6.07, 6.45) is 4.05. The summed E-state index contributed by atoms with van der Waals surface area (Å²) in [6.45, 7) is 2.32. The fourth-order valence-electron chi connectivity index (χ4n) is 3.62. The molecule has 5 nitrogen and oxygen atoms in total. The predicted molar refractivity (Wildman–Crippen MR) is 135 cm³/mol. The van der Waals surface area contributed by atoms with Gasteiger partial charge in [-0.1, -0.05) is 36.4 Å². The number of carbonyl (C=O) groups excluding carboxylic acids is 1. The number of carbonyl (C=O) groups is 1. The largest absolute Gasteiger partial charge is 0.497 e. The second kappa shape index (κ2) is 9.24. The van der Waals surface area contributed by atoms with Crippen molar-refractivity contribution < 1.29 is 19.0 Å². The normalized spacial score (nSPS) is 16.6. The standard InChI is InChI=1S/C26H24INO4/c1-26(27)16-15-18-9-10-20(23(31-3)24(18)32-26)17-28(21-7-5-4-6-8-21)25(29)19-11-13-22(30-2)14-12-19/h4-16H,17H2,1-3H3. The van der Waals surface area contributed by atoms with Gasteiger partial charge >= 0.3 is 0 Å². The molecule has 0 radical (unpaired) electrons. The van der Waals surface area contributed by atoms with Crippen LogP contribution in [-0.4, -0.2) is 23.7 Å². The second-order valence-electron chi connectivity index (χ2n) is 7.55. The van der Waals surface area contributed by atoms with E-state index in [0.29, 0.717) is 29.4 Å². The van der Waals surface area contributed by atoms with Crippen molar-refractivity contribution in [2.45, 2.75) is 17.1 Å². The second-order valence-corrected chi connectivity index (χ2v) is 9.69. The fourth-order valence-corrected chi connectivity index (χ4v) is 4.02. The molecule has 164 valence electrons. The maximum Gasteiger partial charge on any atom is 0.258 e. The monoisotopic (exact) mass is 541 g/mol. The first kappa shape index (κ1) is 22.2. The van der Waals surface area contributed by atoms with Crippen LogP contribution in [0, 0.1) is 0 Å². The van der Waals surface area contributed by atoms with E-state index >= 15 is 0 Å². The highest BCUT2D eigenvalue weighted by Gasteiger charge is 2.29. The van der Waals surface area contributed by atoms with E-state index in [1.54, 1.807) is 43.4 Å². The van der Waals surface area contributed by atoms with Crippen LogP contribution in [0.15, 0.2) is 72.8 Å². The van der Waals surface area contributed by atoms with Crippen LogP contribution in [0.5, 0.6) is 17.2 Å². The van der Waals surface area contributed by atoms with Gasteiger partial charge in [0, 0.05) is 22.4 Å². The number of nitrogens with zero attached hydrogens (tertiary/aromatic N) is 1. The molecule has 1 aliphatic rings. The Morgan fingerprint density at radius 3 is 2.38 bits per heavy atom. The minimum atomic E-state index is -0.464. The zero-order chi connectivity index (χ0) is 22.7. The van der Waals surface area contributed by atoms with Crippen LogP contribution in [0.2, 0.25) is 0 Å². The number of alkyl halides is 1. The molecule has 0 bridgehead atoms. The lowest BCUT2D eigenvalue weighted by atomic mass is 10.0. The minimum Gasteiger partial charge on any atom is -0.497 e. The number of rotatable bonds is 6. The van der Waals surface area contributed by atoms with Crippen molar-refractivity contribution in [3.63, 3.8) is 0 Å². The molecule has 0 saturated heterocycles. The molecule has 0 N–H and O–H groups in total. The van der Waals surface area contributed by atoms with Crippen LogP contribution < -0.4 is 19.1 Å². The third-order valence-electron chi connectivity index (χ3n) is 5.27. The van der Waals surface area contributed by atoms with Crippen LogP contribution in [0.3, 0.4) is 0 Å². The van der Waals surface area contributed by atoms with Gasteiger partial charge in [0.2, 0.25) is 0 Å². The summed E-state index contributed by atoms with van der Waals surface area (Å²) in [5.41, 5.74) is 3.19. The Morgan fingerprint density at radius 1 is 1.00 bits per heavy atom. The number of fused-ring (bicyclic) bond motifs is 1. The number of halogens is 1. The molecule has 0 saturated carbocycles. The summed E-state index contributed by atoms with van der Waals surface area (Å²) < 4.78 is 16.7. The molecule has 3 aromatic rings. The molecule has 4 rings (SSSR count). The van der Waals surface area contributed by atoms with Crippen molar-refractivity contribution in [2.24, 2.45) is 0 Å². The van der Waals surface area contributed by atoms with Gasteiger partial charge in [0.1, 0.15) is 5.75 Å². The quantitative estimate of drug-likeness (QED) is 0.279. The molecule has 1 unspecified atom stereocenters. The lowest BCUT2D eigenvalue weighted by Crippen LogP contribution is -2.31. The number of amides is 1. The van der Waals surface area contributed by atoms with E-state index in [0.717, 1.165) is 16.8 Å². The van der Waals surface area contributed by atoms with Gasteiger partial charge in [-0.25, -0.2) is 0 Å². The third-order valence-corrected chi connectivity index (χ3v) is 5.85. The molecule has 3 aromatic carbocycles. The molecule has 1 heterocycles. The highest BCUT2D eigenvalue weighted by Crippen LogP contribution is 2.43. The van der Waals surface area contributed by atoms with Crippen LogP contribution >= 0.6 is 22.6 Å². The van der Waals surface area contributed by atoms with Gasteiger partial charge in [-0.2, -0.15) is 0 Å². The summed E-state index contributed by atoms with van der Waals surface area (Å²) in [6, 6.07) is 20.7. The van der Waals surface area contributed by atoms with E-state index in [4.69, 9.17) is 14.2 Å². The highest BCUT2D eigenvalue weighted by atomic mass is 127. The van der Waals surface area contributed by atoms with Crippen LogP contribution in [0.1, 0.15) is 28.4 Å². The molecule has 0 aliphatic carbocycles. The molecule has 32 heavy (non-hydrogen) atoms. The van der Waals surface area contributed by atoms with Crippen molar-refractivity contribution in [2.75, 3.05) is 19.1 Å². The fraction of sp³-hybridized carbons (Fsp3) is 0.192. The Bertz CT molecular complexity index is 1140. The molecule has 1 atom stereocenters. The minimum absolute atomic E-state index is 0.113. The van der Waals surface area contributed by atoms with Crippen LogP contribution in [-0.2, 0) is 6.54 Å². The Hall–Kier alpha value is -3.00. The van der Waals surface area contributed by atoms with Crippen molar-refractivity contribution >= 4 is 40.3 Å². The molecular weight excluding hydrogens is 517 g/mol. The Kier molecular flexibility index (Phi) is 6.41. The number of para-hydroxylation sites is 1. The van der Waals surface area contributed by atoms with Gasteiger partial charge in [-0.05, 0) is 72.0 Å². The zero-order valence-electron chi connectivity index (χ0n) is 18.2. The first-order valence-corrected chi connectivity index (χ1v) is 11.3. The van der Waals surface area contributed by atoms with Crippen molar-refractivity contribution in [1.29, 1.82) is 0 Å². The van der Waals surface area contributed by atoms with E-state index in [-0.39, 0.29) is 5.91 Å². The van der Waals surface area contributed by atoms with Crippen molar-refractivity contribution in [1.82, 2.24) is 0 Å². The van der Waals surface area contributed by atoms with Crippen LogP contribution in [0.4, 0.5) is 5.69 Å². The highest BCUT2D eigenvalue weighted by molar-refractivity contribution is 14.1. The Balaban J connectivity index is 1.74. The van der Waals surface area contributed by atoms with Gasteiger partial charge in [-0.3, -0.25) is 4.79 Å². The number of ether oxygens (including phenoxy) is 3. The first-order valence-electron chi connectivity index (χ1n) is 10.2. The van der Waals surface area contributed by atoms with E-state index in [9.17, 15) is 4.79 Å². The van der Waals surface area contributed by atoms with E-state index in [1.165, 1.54) is 0 Å². The summed E-state index contributed by atoms with van der Waals surface area (Å²) in [4.78, 5) is 15.3. The predicted octanol–water partition coefficient (Wildman–Crippen LogP) is 6.11. The summed E-state index contributed by atoms with van der Waals surface area (Å²) in [5.74, 6) is 1.92. The van der Waals surface area contributed by atoms with E-state index in [1.807, 2.05) is 61.5 Å². The van der Waals surface area contributed by atoms with Gasteiger partial charge in [0.15, 0.2) is 15.1 Å². The average molecular weight is 541 g/mol. The number of hydrogen-bond donors (Lipinski definition) is 0. The van der Waals surface area contributed by atoms with Gasteiger partial charge in [0.05, 0.1) is 20.8 Å². The van der Waals surface area contributed by atoms with E-state index in [2.05, 4.69) is 22.6 Å². The lowest BCUT2D eigenvalue weighted by molar-refractivity contribution is 0.0985. The lowest BCUT2D eigenvalue weighted by Gasteiger charge is -2.29. The summed E-state index contributed by atoms with van der Waals surface area (Å²) in [7, 11) is 3.23. The summed E-state index contributed by atoms with van der Waals surface area (Å²) in [5, 5.41) is 0. The Morgan fingerprint density at radius 2 is 1.72 bits per heavy atom. The SMILES string of the molecule is COc1ccc(C(=O)N(Cc2ccc3c(c2OC)OC(C)(I)C=C3)c2ccccc2)cc1. The molecular formula is C26H24INO4. The summed E-state index contributed by atoms with van der Waals surface area (Å²) >= 11 is 2.25.